The van der Waals surface area contributed by atoms with Gasteiger partial charge in [0.2, 0.25) is 0 Å². The van der Waals surface area contributed by atoms with Gasteiger partial charge >= 0.3 is 5.97 Å². The first-order valence-corrected chi connectivity index (χ1v) is 8.88. The van der Waals surface area contributed by atoms with Gasteiger partial charge in [-0.1, -0.05) is 43.3 Å². The van der Waals surface area contributed by atoms with Gasteiger partial charge in [-0.25, -0.2) is 0 Å². The molecule has 0 radical (unpaired) electrons. The van der Waals surface area contributed by atoms with Gasteiger partial charge in [0.15, 0.2) is 0 Å². The normalized spacial score (nSPS) is 12.5. The fourth-order valence-electron chi connectivity index (χ4n) is 3.25. The fraction of sp³-hybridized carbons (Fsp3) is 0.227. The Bertz CT molecular complexity index is 930. The average Bonchev–Trinajstić information content (AvgIpc) is 2.95. The van der Waals surface area contributed by atoms with Crippen molar-refractivity contribution in [1.29, 1.82) is 0 Å². The average molecular weight is 363 g/mol. The largest absolute Gasteiger partial charge is 0.461 e. The highest BCUT2D eigenvalue weighted by Gasteiger charge is 2.29. The number of aryl methyl sites for hydroxylation is 1. The molecule has 0 atom stereocenters. The summed E-state index contributed by atoms with van der Waals surface area (Å²) >= 11 is 0. The predicted octanol–water partition coefficient (Wildman–Crippen LogP) is 3.15. The van der Waals surface area contributed by atoms with Crippen LogP contribution < -0.4 is 5.32 Å². The highest BCUT2D eigenvalue weighted by Crippen LogP contribution is 2.21. The van der Waals surface area contributed by atoms with Gasteiger partial charge in [-0.2, -0.15) is 0 Å². The molecule has 27 heavy (non-hydrogen) atoms. The Morgan fingerprint density at radius 3 is 2.67 bits per heavy atom. The lowest BCUT2D eigenvalue weighted by atomic mass is 10.00. The van der Waals surface area contributed by atoms with E-state index in [4.69, 9.17) is 4.74 Å². The summed E-state index contributed by atoms with van der Waals surface area (Å²) in [6, 6.07) is 11.0. The third-order valence-corrected chi connectivity index (χ3v) is 4.60. The molecule has 0 saturated heterocycles. The highest BCUT2D eigenvalue weighted by atomic mass is 16.5. The van der Waals surface area contributed by atoms with Gasteiger partial charge in [0.1, 0.15) is 6.61 Å². The van der Waals surface area contributed by atoms with E-state index in [2.05, 4.69) is 24.9 Å². The molecule has 5 nitrogen and oxygen atoms in total. The molecule has 0 spiro atoms. The Balaban J connectivity index is 1.69. The standard InChI is InChI=1S/C22H21NO4/c1-3-6-14-9-10-17(15(4-2)11-14)13-27-19(24)12-16-7-5-8-18-20(16)22(26)23-21(18)25/h3,5,7-11H,1,4,6,12-13H2,2H3,(H,23,25,26). The van der Waals surface area contributed by atoms with Gasteiger partial charge in [0.25, 0.3) is 11.8 Å². The molecular formula is C22H21NO4. The van der Waals surface area contributed by atoms with Gasteiger partial charge < -0.3 is 4.74 Å². The molecule has 3 rings (SSSR count). The number of imide groups is 1. The molecule has 2 aromatic rings. The molecular weight excluding hydrogens is 342 g/mol. The van der Waals surface area contributed by atoms with Crippen molar-refractivity contribution in [2.45, 2.75) is 32.8 Å². The maximum atomic E-state index is 12.3. The fourth-order valence-corrected chi connectivity index (χ4v) is 3.25. The van der Waals surface area contributed by atoms with E-state index in [0.717, 1.165) is 24.0 Å². The smallest absolute Gasteiger partial charge is 0.310 e. The van der Waals surface area contributed by atoms with Crippen molar-refractivity contribution in [3.8, 4) is 0 Å². The van der Waals surface area contributed by atoms with Gasteiger partial charge in [-0.15, -0.1) is 6.58 Å². The van der Waals surface area contributed by atoms with Crippen LogP contribution in [-0.2, 0) is 35.4 Å². The summed E-state index contributed by atoms with van der Waals surface area (Å²) in [5, 5.41) is 2.25. The first-order chi connectivity index (χ1) is 13.0. The predicted molar refractivity (Wildman–Crippen MR) is 101 cm³/mol. The van der Waals surface area contributed by atoms with Crippen LogP contribution in [0.1, 0.15) is 49.9 Å². The van der Waals surface area contributed by atoms with E-state index in [0.29, 0.717) is 11.1 Å². The van der Waals surface area contributed by atoms with Crippen LogP contribution in [-0.4, -0.2) is 17.8 Å². The lowest BCUT2D eigenvalue weighted by Crippen LogP contribution is -2.20. The molecule has 1 N–H and O–H groups in total. The number of benzene rings is 2. The zero-order chi connectivity index (χ0) is 19.4. The Morgan fingerprint density at radius 1 is 1.11 bits per heavy atom. The van der Waals surface area contributed by atoms with Crippen LogP contribution >= 0.6 is 0 Å². The lowest BCUT2D eigenvalue weighted by Gasteiger charge is -2.11. The Hall–Kier alpha value is -3.21. The first kappa shape index (κ1) is 18.6. The van der Waals surface area contributed by atoms with Crippen molar-refractivity contribution < 1.29 is 19.1 Å². The van der Waals surface area contributed by atoms with Crippen molar-refractivity contribution in [2.75, 3.05) is 0 Å². The van der Waals surface area contributed by atoms with Crippen molar-refractivity contribution in [2.24, 2.45) is 0 Å². The van der Waals surface area contributed by atoms with Crippen molar-refractivity contribution in [3.63, 3.8) is 0 Å². The second-order valence-corrected chi connectivity index (χ2v) is 6.41. The zero-order valence-electron chi connectivity index (χ0n) is 15.2. The zero-order valence-corrected chi connectivity index (χ0v) is 15.2. The minimum atomic E-state index is -0.468. The summed E-state index contributed by atoms with van der Waals surface area (Å²) in [7, 11) is 0. The Kier molecular flexibility index (Phi) is 5.50. The van der Waals surface area contributed by atoms with Gasteiger partial charge in [0.05, 0.1) is 17.5 Å². The van der Waals surface area contributed by atoms with Crippen LogP contribution in [0.5, 0.6) is 0 Å². The second kappa shape index (κ2) is 7.99. The lowest BCUT2D eigenvalue weighted by molar-refractivity contribution is -0.144. The monoisotopic (exact) mass is 363 g/mol. The molecule has 0 fully saturated rings. The van der Waals surface area contributed by atoms with Crippen LogP contribution in [0.15, 0.2) is 49.1 Å². The van der Waals surface area contributed by atoms with E-state index < -0.39 is 17.8 Å². The summed E-state index contributed by atoms with van der Waals surface area (Å²) in [6.45, 7) is 5.98. The molecule has 0 saturated carbocycles. The van der Waals surface area contributed by atoms with Crippen LogP contribution in [0.4, 0.5) is 0 Å². The number of carbonyl (C=O) groups excluding carboxylic acids is 3. The van der Waals surface area contributed by atoms with Crippen LogP contribution in [0.25, 0.3) is 0 Å². The molecule has 2 amide bonds. The molecule has 138 valence electrons. The molecule has 5 heteroatoms. The third-order valence-electron chi connectivity index (χ3n) is 4.60. The quantitative estimate of drug-likeness (QED) is 0.466. The Morgan fingerprint density at radius 2 is 1.93 bits per heavy atom. The number of carbonyl (C=O) groups is 3. The molecule has 0 aliphatic carbocycles. The summed E-state index contributed by atoms with van der Waals surface area (Å²) in [4.78, 5) is 35.9. The van der Waals surface area contributed by atoms with E-state index in [1.807, 2.05) is 18.2 Å². The number of ether oxygens (including phenoxy) is 1. The van der Waals surface area contributed by atoms with Crippen LogP contribution in [0.2, 0.25) is 0 Å². The van der Waals surface area contributed by atoms with Gasteiger partial charge in [-0.3, -0.25) is 19.7 Å². The topological polar surface area (TPSA) is 72.5 Å². The summed E-state index contributed by atoms with van der Waals surface area (Å²) in [6.07, 6.45) is 3.44. The van der Waals surface area contributed by atoms with E-state index >= 15 is 0 Å². The maximum absolute atomic E-state index is 12.3. The number of hydrogen-bond acceptors (Lipinski definition) is 4. The van der Waals surface area contributed by atoms with Gasteiger partial charge in [-0.05, 0) is 41.2 Å². The molecule has 0 bridgehead atoms. The van der Waals surface area contributed by atoms with Crippen LogP contribution in [0, 0.1) is 0 Å². The minimum Gasteiger partial charge on any atom is -0.461 e. The van der Waals surface area contributed by atoms with E-state index in [-0.39, 0.29) is 18.6 Å². The summed E-state index contributed by atoms with van der Waals surface area (Å²) in [5.41, 5.74) is 4.34. The summed E-state index contributed by atoms with van der Waals surface area (Å²) < 4.78 is 5.42. The van der Waals surface area contributed by atoms with Crippen LogP contribution in [0.3, 0.4) is 0 Å². The molecule has 1 aliphatic rings. The van der Waals surface area contributed by atoms with E-state index in [9.17, 15) is 14.4 Å². The molecule has 0 aromatic heterocycles. The molecule has 2 aromatic carbocycles. The number of hydrogen-bond donors (Lipinski definition) is 1. The Labute approximate surface area is 158 Å². The number of amides is 2. The van der Waals surface area contributed by atoms with Gasteiger partial charge in [0, 0.05) is 0 Å². The molecule has 1 aliphatic heterocycles. The number of esters is 1. The maximum Gasteiger partial charge on any atom is 0.310 e. The van der Waals surface area contributed by atoms with Crippen molar-refractivity contribution in [1.82, 2.24) is 5.32 Å². The van der Waals surface area contributed by atoms with Crippen molar-refractivity contribution in [3.05, 3.63) is 82.4 Å². The summed E-state index contributed by atoms with van der Waals surface area (Å²) in [5.74, 6) is -1.34. The van der Waals surface area contributed by atoms with Crippen molar-refractivity contribution >= 4 is 17.8 Å². The van der Waals surface area contributed by atoms with E-state index in [1.54, 1.807) is 18.2 Å². The SMILES string of the molecule is C=CCc1ccc(COC(=O)Cc2cccc3c2C(=O)NC3=O)c(CC)c1. The number of fused-ring (bicyclic) bond motifs is 1. The number of rotatable bonds is 7. The second-order valence-electron chi connectivity index (χ2n) is 6.41. The number of allylic oxidation sites excluding steroid dienone is 1. The van der Waals surface area contributed by atoms with E-state index in [1.165, 1.54) is 5.56 Å². The third kappa shape index (κ3) is 3.97. The molecule has 1 heterocycles. The first-order valence-electron chi connectivity index (χ1n) is 8.88. The number of nitrogens with one attached hydrogen (secondary N) is 1. The minimum absolute atomic E-state index is 0.0557. The molecule has 0 unspecified atom stereocenters. The highest BCUT2D eigenvalue weighted by molar-refractivity contribution is 6.22.